The van der Waals surface area contributed by atoms with Crippen molar-refractivity contribution in [1.82, 2.24) is 14.9 Å². The molecule has 0 radical (unpaired) electrons. The van der Waals surface area contributed by atoms with Gasteiger partial charge >= 0.3 is 0 Å². The highest BCUT2D eigenvalue weighted by Gasteiger charge is 2.24. The summed E-state index contributed by atoms with van der Waals surface area (Å²) in [5, 5.41) is 3.24. The van der Waals surface area contributed by atoms with Gasteiger partial charge in [-0.05, 0) is 37.1 Å². The van der Waals surface area contributed by atoms with Crippen LogP contribution in [0.4, 0.5) is 0 Å². The molecule has 2 rings (SSSR count). The molecule has 0 bridgehead atoms. The molecule has 1 aliphatic heterocycles. The number of benzene rings is 1. The molecule has 1 aromatic rings. The molecular weight excluding hydrogens is 350 g/mol. The van der Waals surface area contributed by atoms with Crippen molar-refractivity contribution in [3.8, 4) is 0 Å². The zero-order valence-electron chi connectivity index (χ0n) is 14.3. The van der Waals surface area contributed by atoms with Gasteiger partial charge in [0.15, 0.2) is 0 Å². The molecule has 0 saturated carbocycles. The van der Waals surface area contributed by atoms with Crippen molar-refractivity contribution < 1.29 is 13.2 Å². The molecule has 0 aliphatic carbocycles. The second-order valence-electron chi connectivity index (χ2n) is 6.32. The number of carbonyl (C=O) groups excluding carboxylic acids is 1. The van der Waals surface area contributed by atoms with Gasteiger partial charge in [0.1, 0.15) is 0 Å². The Labute approximate surface area is 150 Å². The fourth-order valence-corrected chi connectivity index (χ4v) is 3.66. The van der Waals surface area contributed by atoms with Gasteiger partial charge in [-0.3, -0.25) is 4.79 Å². The average molecular weight is 376 g/mol. The highest BCUT2D eigenvalue weighted by molar-refractivity contribution is 7.89. The van der Waals surface area contributed by atoms with Gasteiger partial charge in [-0.15, -0.1) is 12.4 Å². The van der Waals surface area contributed by atoms with Crippen LogP contribution in [0.2, 0.25) is 0 Å². The lowest BCUT2D eigenvalue weighted by Crippen LogP contribution is -2.52. The van der Waals surface area contributed by atoms with Gasteiger partial charge in [0.2, 0.25) is 10.0 Å². The van der Waals surface area contributed by atoms with E-state index in [2.05, 4.69) is 10.0 Å². The minimum atomic E-state index is -3.52. The number of sulfonamides is 1. The van der Waals surface area contributed by atoms with E-state index >= 15 is 0 Å². The summed E-state index contributed by atoms with van der Waals surface area (Å²) in [6.45, 7) is 8.49. The van der Waals surface area contributed by atoms with Crippen molar-refractivity contribution in [1.29, 1.82) is 0 Å². The number of hydrogen-bond acceptors (Lipinski definition) is 4. The summed E-state index contributed by atoms with van der Waals surface area (Å²) in [6.07, 6.45) is 0. The first-order valence-corrected chi connectivity index (χ1v) is 9.41. The van der Waals surface area contributed by atoms with E-state index in [1.165, 1.54) is 12.1 Å². The standard InChI is InChI=1S/C16H25N3O3S.ClH/c1-12(2)10-18-23(21,22)15-6-4-14(5-7-15)16(20)19-9-8-17-11-13(19)3;/h4-7,12-13,17-18H,8-11H2,1-3H3;1H/t13-;/m0./s1. The van der Waals surface area contributed by atoms with Crippen LogP contribution in [0.1, 0.15) is 31.1 Å². The second kappa shape index (κ2) is 8.80. The average Bonchev–Trinajstić information content (AvgIpc) is 2.53. The van der Waals surface area contributed by atoms with E-state index in [9.17, 15) is 13.2 Å². The minimum Gasteiger partial charge on any atom is -0.333 e. The van der Waals surface area contributed by atoms with Crippen LogP contribution in [0.15, 0.2) is 29.2 Å². The predicted molar refractivity (Wildman–Crippen MR) is 97.1 cm³/mol. The van der Waals surface area contributed by atoms with Crippen LogP contribution in [0.3, 0.4) is 0 Å². The monoisotopic (exact) mass is 375 g/mol. The third-order valence-corrected chi connectivity index (χ3v) is 5.29. The molecule has 1 atom stereocenters. The maximum absolute atomic E-state index is 12.5. The van der Waals surface area contributed by atoms with E-state index in [0.717, 1.165) is 13.1 Å². The number of halogens is 1. The number of nitrogens with one attached hydrogen (secondary N) is 2. The van der Waals surface area contributed by atoms with E-state index in [4.69, 9.17) is 0 Å². The molecule has 1 amide bonds. The molecular formula is C16H26ClN3O3S. The summed E-state index contributed by atoms with van der Waals surface area (Å²) in [5.41, 5.74) is 0.515. The molecule has 6 nitrogen and oxygen atoms in total. The van der Waals surface area contributed by atoms with E-state index in [1.807, 2.05) is 25.7 Å². The maximum atomic E-state index is 12.5. The SMILES string of the molecule is CC(C)CNS(=O)(=O)c1ccc(C(=O)N2CCNC[C@@H]2C)cc1.Cl. The molecule has 0 aromatic heterocycles. The van der Waals surface area contributed by atoms with Crippen molar-refractivity contribution in [3.63, 3.8) is 0 Å². The van der Waals surface area contributed by atoms with Crippen molar-refractivity contribution >= 4 is 28.3 Å². The molecule has 1 fully saturated rings. The molecule has 1 heterocycles. The Morgan fingerprint density at radius 3 is 2.50 bits per heavy atom. The van der Waals surface area contributed by atoms with Gasteiger partial charge in [0, 0.05) is 37.8 Å². The summed E-state index contributed by atoms with van der Waals surface area (Å²) in [4.78, 5) is 14.5. The van der Waals surface area contributed by atoms with E-state index < -0.39 is 10.0 Å². The van der Waals surface area contributed by atoms with Gasteiger partial charge in [-0.25, -0.2) is 13.1 Å². The van der Waals surface area contributed by atoms with Gasteiger partial charge < -0.3 is 10.2 Å². The molecule has 2 N–H and O–H groups in total. The van der Waals surface area contributed by atoms with Gasteiger partial charge in [-0.2, -0.15) is 0 Å². The molecule has 24 heavy (non-hydrogen) atoms. The first kappa shape index (κ1) is 20.9. The first-order chi connectivity index (χ1) is 10.8. The summed E-state index contributed by atoms with van der Waals surface area (Å²) in [5.74, 6) is 0.179. The van der Waals surface area contributed by atoms with Gasteiger partial charge in [0.05, 0.1) is 4.90 Å². The van der Waals surface area contributed by atoms with Crippen LogP contribution in [0.5, 0.6) is 0 Å². The summed E-state index contributed by atoms with van der Waals surface area (Å²) >= 11 is 0. The van der Waals surface area contributed by atoms with Crippen molar-refractivity contribution in [2.75, 3.05) is 26.2 Å². The van der Waals surface area contributed by atoms with Crippen LogP contribution in [-0.2, 0) is 10.0 Å². The number of nitrogens with zero attached hydrogens (tertiary/aromatic N) is 1. The Morgan fingerprint density at radius 1 is 1.33 bits per heavy atom. The van der Waals surface area contributed by atoms with Crippen LogP contribution in [-0.4, -0.2) is 51.4 Å². The number of amides is 1. The highest BCUT2D eigenvalue weighted by atomic mass is 35.5. The summed E-state index contributed by atoms with van der Waals surface area (Å²) < 4.78 is 26.9. The molecule has 8 heteroatoms. The number of hydrogen-bond donors (Lipinski definition) is 2. The van der Waals surface area contributed by atoms with Crippen LogP contribution >= 0.6 is 12.4 Å². The highest BCUT2D eigenvalue weighted by Crippen LogP contribution is 2.14. The number of piperazine rings is 1. The minimum absolute atomic E-state index is 0. The third-order valence-electron chi connectivity index (χ3n) is 3.86. The fraction of sp³-hybridized carbons (Fsp3) is 0.562. The van der Waals surface area contributed by atoms with Crippen molar-refractivity contribution in [3.05, 3.63) is 29.8 Å². The lowest BCUT2D eigenvalue weighted by atomic mass is 10.1. The molecule has 1 aromatic carbocycles. The molecule has 136 valence electrons. The van der Waals surface area contributed by atoms with E-state index in [0.29, 0.717) is 18.7 Å². The van der Waals surface area contributed by atoms with Gasteiger partial charge in [0.25, 0.3) is 5.91 Å². The fourth-order valence-electron chi connectivity index (χ4n) is 2.44. The Morgan fingerprint density at radius 2 is 1.96 bits per heavy atom. The largest absolute Gasteiger partial charge is 0.333 e. The summed E-state index contributed by atoms with van der Waals surface area (Å²) in [7, 11) is -3.52. The third kappa shape index (κ3) is 5.17. The zero-order chi connectivity index (χ0) is 17.0. The van der Waals surface area contributed by atoms with Crippen LogP contribution in [0.25, 0.3) is 0 Å². The topological polar surface area (TPSA) is 78.5 Å². The smallest absolute Gasteiger partial charge is 0.254 e. The molecule has 0 unspecified atom stereocenters. The Hall–Kier alpha value is -1.15. The summed E-state index contributed by atoms with van der Waals surface area (Å²) in [6, 6.07) is 6.28. The van der Waals surface area contributed by atoms with Crippen LogP contribution < -0.4 is 10.0 Å². The second-order valence-corrected chi connectivity index (χ2v) is 8.09. The van der Waals surface area contributed by atoms with Crippen molar-refractivity contribution in [2.45, 2.75) is 31.7 Å². The van der Waals surface area contributed by atoms with E-state index in [1.54, 1.807) is 12.1 Å². The number of rotatable bonds is 5. The predicted octanol–water partition coefficient (Wildman–Crippen LogP) is 1.48. The van der Waals surface area contributed by atoms with Crippen LogP contribution in [0, 0.1) is 5.92 Å². The molecule has 1 saturated heterocycles. The Balaban J connectivity index is 0.00000288. The Bertz CT molecular complexity index is 647. The lowest BCUT2D eigenvalue weighted by molar-refractivity contribution is 0.0655. The maximum Gasteiger partial charge on any atom is 0.254 e. The quantitative estimate of drug-likeness (QED) is 0.817. The van der Waals surface area contributed by atoms with Gasteiger partial charge in [-0.1, -0.05) is 13.8 Å². The lowest BCUT2D eigenvalue weighted by Gasteiger charge is -2.34. The van der Waals surface area contributed by atoms with E-state index in [-0.39, 0.29) is 35.2 Å². The number of carbonyl (C=O) groups is 1. The van der Waals surface area contributed by atoms with Crippen molar-refractivity contribution in [2.24, 2.45) is 5.92 Å². The normalized spacial score (nSPS) is 18.3. The molecule has 0 spiro atoms. The molecule has 1 aliphatic rings. The first-order valence-electron chi connectivity index (χ1n) is 7.92. The Kier molecular flexibility index (Phi) is 7.66. The zero-order valence-corrected chi connectivity index (χ0v) is 15.9.